The molecule has 5 atom stereocenters. The van der Waals surface area contributed by atoms with Crippen molar-refractivity contribution in [3.05, 3.63) is 88.5 Å². The molecular weight excluding hydrogens is 1530 g/mol. The van der Waals surface area contributed by atoms with Gasteiger partial charge in [0.25, 0.3) is 0 Å². The molecule has 0 bridgehead atoms. The Balaban J connectivity index is 1.54. The zero-order valence-electron chi connectivity index (χ0n) is 67.2. The predicted molar refractivity (Wildman–Crippen MR) is 419 cm³/mol. The standard InChI is InChI=1S/C86H112O31/c1-6-11-16-21-26-31-36-68(94)108-64-48-54(41-57(87)73(64)99)81(102)107-51-67-78(114-83(104)55-42-58(88)74(100)65(49-55)109-69(95)37-32-27-22-17-12-7-2)79(115-82(103)52-44-60(90)76(61(91)45-52)112-71(97)39-34-29-24-19-14-9-4)80(116-84(105)56-43-59(89)75(101)66(50-56)110-70(96)38-33-28-23-18-13-8-3)86(111-67)117-85(106)53-46-62(92)77(63(93)47-53)113-72(98)40-35-30-25-20-15-10-5/h41-50,67,78-80,86-93,99-101H,6-40,51H2,1-5H3. The maximum atomic E-state index is 15.2. The zero-order chi connectivity index (χ0) is 85.5. The fourth-order valence-electron chi connectivity index (χ4n) is 12.6. The molecule has 1 aliphatic rings. The highest BCUT2D eigenvalue weighted by atomic mass is 16.7. The van der Waals surface area contributed by atoms with Crippen LogP contribution in [0.15, 0.2) is 60.7 Å². The van der Waals surface area contributed by atoms with Crippen LogP contribution in [0.4, 0.5) is 0 Å². The van der Waals surface area contributed by atoms with Gasteiger partial charge in [-0.3, -0.25) is 24.0 Å². The number of phenols is 10. The topological polar surface area (TPSA) is 475 Å². The highest BCUT2D eigenvalue weighted by Crippen LogP contribution is 2.44. The first-order chi connectivity index (χ1) is 56.1. The number of rotatable bonds is 51. The van der Waals surface area contributed by atoms with Crippen molar-refractivity contribution in [2.24, 2.45) is 0 Å². The Morgan fingerprint density at radius 3 is 0.821 bits per heavy atom. The second-order valence-corrected chi connectivity index (χ2v) is 28.8. The Morgan fingerprint density at radius 1 is 0.274 bits per heavy atom. The molecule has 6 rings (SSSR count). The molecule has 5 aromatic carbocycles. The largest absolute Gasteiger partial charge is 0.504 e. The van der Waals surface area contributed by atoms with E-state index in [2.05, 4.69) is 0 Å². The number of aromatic hydroxyl groups is 10. The van der Waals surface area contributed by atoms with Gasteiger partial charge < -0.3 is 103 Å². The predicted octanol–water partition coefficient (Wildman–Crippen LogP) is 16.4. The third-order valence-corrected chi connectivity index (χ3v) is 19.1. The molecule has 10 N–H and O–H groups in total. The zero-order valence-corrected chi connectivity index (χ0v) is 67.2. The summed E-state index contributed by atoms with van der Waals surface area (Å²) in [6.45, 7) is 8.82. The van der Waals surface area contributed by atoms with E-state index in [1.807, 2.05) is 34.6 Å². The van der Waals surface area contributed by atoms with Gasteiger partial charge in [0.2, 0.25) is 41.1 Å². The molecule has 0 aliphatic carbocycles. The van der Waals surface area contributed by atoms with E-state index in [1.165, 1.54) is 0 Å². The van der Waals surface area contributed by atoms with Crippen LogP contribution in [-0.2, 0) is 52.4 Å². The van der Waals surface area contributed by atoms with Crippen LogP contribution in [0.2, 0.25) is 0 Å². The van der Waals surface area contributed by atoms with E-state index in [4.69, 9.17) is 52.1 Å². The first-order valence-electron chi connectivity index (χ1n) is 40.6. The molecule has 117 heavy (non-hydrogen) atoms. The number of hydrogen-bond donors (Lipinski definition) is 10. The Kier molecular flexibility index (Phi) is 40.1. The molecule has 5 unspecified atom stereocenters. The van der Waals surface area contributed by atoms with E-state index in [-0.39, 0.29) is 32.1 Å². The van der Waals surface area contributed by atoms with Crippen molar-refractivity contribution in [2.45, 2.75) is 290 Å². The Morgan fingerprint density at radius 2 is 0.513 bits per heavy atom. The van der Waals surface area contributed by atoms with Crippen molar-refractivity contribution in [3.8, 4) is 86.2 Å². The van der Waals surface area contributed by atoms with Gasteiger partial charge in [-0.1, -0.05) is 195 Å². The van der Waals surface area contributed by atoms with E-state index in [0.29, 0.717) is 107 Å². The van der Waals surface area contributed by atoms with Gasteiger partial charge in [-0.05, 0) is 92.8 Å². The summed E-state index contributed by atoms with van der Waals surface area (Å²) in [5, 5.41) is 112. The second-order valence-electron chi connectivity index (χ2n) is 28.8. The maximum Gasteiger partial charge on any atom is 0.340 e. The number of ether oxygens (including phenoxy) is 11. The van der Waals surface area contributed by atoms with Crippen molar-refractivity contribution in [1.82, 2.24) is 0 Å². The summed E-state index contributed by atoms with van der Waals surface area (Å²) in [4.78, 5) is 141. The molecule has 0 aromatic heterocycles. The average Bonchev–Trinajstić information content (AvgIpc) is 0.765. The summed E-state index contributed by atoms with van der Waals surface area (Å²) in [6.07, 6.45) is 9.31. The maximum absolute atomic E-state index is 15.2. The number of carbonyl (C=O) groups excluding carboxylic acids is 10. The van der Waals surface area contributed by atoms with Crippen molar-refractivity contribution in [3.63, 3.8) is 0 Å². The molecule has 1 saturated heterocycles. The lowest BCUT2D eigenvalue weighted by molar-refractivity contribution is -0.282. The summed E-state index contributed by atoms with van der Waals surface area (Å²) < 4.78 is 63.0. The lowest BCUT2D eigenvalue weighted by Gasteiger charge is -2.43. The molecule has 5 aromatic rings. The average molecular weight is 1640 g/mol. The summed E-state index contributed by atoms with van der Waals surface area (Å²) >= 11 is 0. The molecule has 31 heteroatoms. The van der Waals surface area contributed by atoms with Gasteiger partial charge >= 0.3 is 59.7 Å². The summed E-state index contributed by atoms with van der Waals surface area (Å²) in [7, 11) is 0. The first kappa shape index (κ1) is 94.6. The van der Waals surface area contributed by atoms with Crippen LogP contribution in [0.25, 0.3) is 0 Å². The van der Waals surface area contributed by atoms with E-state index in [0.717, 1.165) is 147 Å². The fraction of sp³-hybridized carbons (Fsp3) is 0.535. The molecule has 1 heterocycles. The van der Waals surface area contributed by atoms with E-state index in [1.54, 1.807) is 0 Å². The molecule has 0 saturated carbocycles. The van der Waals surface area contributed by atoms with Gasteiger partial charge in [0, 0.05) is 32.1 Å². The van der Waals surface area contributed by atoms with Crippen molar-refractivity contribution >= 4 is 59.7 Å². The van der Waals surface area contributed by atoms with Gasteiger partial charge in [0.15, 0.2) is 69.7 Å². The lowest BCUT2D eigenvalue weighted by Crippen LogP contribution is -2.63. The van der Waals surface area contributed by atoms with Crippen LogP contribution in [0.3, 0.4) is 0 Å². The summed E-state index contributed by atoms with van der Waals surface area (Å²) in [6, 6.07) is 6.76. The minimum absolute atomic E-state index is 0.148. The van der Waals surface area contributed by atoms with Crippen molar-refractivity contribution in [1.29, 1.82) is 0 Å². The van der Waals surface area contributed by atoms with E-state index in [9.17, 15) is 84.6 Å². The highest BCUT2D eigenvalue weighted by Gasteiger charge is 2.55. The minimum atomic E-state index is -2.70. The van der Waals surface area contributed by atoms with Crippen LogP contribution < -0.4 is 23.7 Å². The number of esters is 10. The first-order valence-corrected chi connectivity index (χ1v) is 40.6. The van der Waals surface area contributed by atoms with Crippen LogP contribution in [0.5, 0.6) is 86.2 Å². The minimum Gasteiger partial charge on any atom is -0.504 e. The lowest BCUT2D eigenvalue weighted by atomic mass is 9.97. The van der Waals surface area contributed by atoms with Gasteiger partial charge in [-0.2, -0.15) is 0 Å². The number of unbranched alkanes of at least 4 members (excludes halogenated alkanes) is 25. The fourth-order valence-corrected chi connectivity index (χ4v) is 12.6. The smallest absolute Gasteiger partial charge is 0.340 e. The van der Waals surface area contributed by atoms with E-state index < -0.39 is 211 Å². The SMILES string of the molecule is CCCCCCCCC(=O)Oc1cc(C(=O)OCC2OC(OC(=O)c3cc(O)c(OC(=O)CCCCCCCC)c(O)c3)C(OC(=O)c3cc(O)c(O)c(OC(=O)CCCCCCCC)c3)C(OC(=O)c3cc(O)c(OC(=O)CCCCCCCC)c(O)c3)C2OC(=O)c2cc(O)c(O)c(OC(=O)CCCCCCCC)c2)cc(O)c1O. The van der Waals surface area contributed by atoms with Gasteiger partial charge in [-0.25, -0.2) is 24.0 Å². The Bertz CT molecular complexity index is 4100. The van der Waals surface area contributed by atoms with Crippen LogP contribution >= 0.6 is 0 Å². The normalized spacial score (nSPS) is 15.0. The number of benzene rings is 5. The molecule has 0 spiro atoms. The van der Waals surface area contributed by atoms with Crippen molar-refractivity contribution in [2.75, 3.05) is 6.61 Å². The molecule has 0 radical (unpaired) electrons. The Hall–Kier alpha value is -11.2. The summed E-state index contributed by atoms with van der Waals surface area (Å²) in [5.74, 6) is -27.1. The van der Waals surface area contributed by atoms with Crippen LogP contribution in [0.1, 0.15) is 311 Å². The van der Waals surface area contributed by atoms with Gasteiger partial charge in [-0.15, -0.1) is 0 Å². The van der Waals surface area contributed by atoms with Gasteiger partial charge in [0.1, 0.15) is 12.7 Å². The molecule has 1 fully saturated rings. The molecule has 642 valence electrons. The molecule has 1 aliphatic heterocycles. The van der Waals surface area contributed by atoms with Gasteiger partial charge in [0.05, 0.1) is 27.8 Å². The van der Waals surface area contributed by atoms with Crippen molar-refractivity contribution < 1.29 is 151 Å². The number of hydrogen-bond acceptors (Lipinski definition) is 31. The number of carbonyl (C=O) groups is 10. The summed E-state index contributed by atoms with van der Waals surface area (Å²) in [5.41, 5.74) is -3.92. The Labute approximate surface area is 679 Å². The third kappa shape index (κ3) is 30.7. The van der Waals surface area contributed by atoms with Crippen LogP contribution in [0, 0.1) is 0 Å². The third-order valence-electron chi connectivity index (χ3n) is 19.1. The quantitative estimate of drug-likeness (QED) is 0.00568. The molecular formula is C86H112O31. The second kappa shape index (κ2) is 49.6. The number of phenolic OH excluding ortho intramolecular Hbond substituents is 10. The molecule has 31 nitrogen and oxygen atoms in total. The van der Waals surface area contributed by atoms with E-state index >= 15 is 14.4 Å². The van der Waals surface area contributed by atoms with Crippen LogP contribution in [-0.4, -0.2) is 148 Å². The monoisotopic (exact) mass is 1640 g/mol. The molecule has 0 amide bonds. The highest BCUT2D eigenvalue weighted by molar-refractivity contribution is 5.95.